The highest BCUT2D eigenvalue weighted by atomic mass is 79.9. The van der Waals surface area contributed by atoms with Crippen LogP contribution in [0.3, 0.4) is 0 Å². The number of anilines is 1. The van der Waals surface area contributed by atoms with Gasteiger partial charge in [0, 0.05) is 4.47 Å². The van der Waals surface area contributed by atoms with Crippen LogP contribution >= 0.6 is 51.5 Å². The fourth-order valence-corrected chi connectivity index (χ4v) is 4.68. The Kier molecular flexibility index (Phi) is 7.52. The van der Waals surface area contributed by atoms with Gasteiger partial charge >= 0.3 is 0 Å². The number of thioether (sulfide) groups is 1. The van der Waals surface area contributed by atoms with Crippen LogP contribution in [0.5, 0.6) is 11.5 Å². The highest BCUT2D eigenvalue weighted by molar-refractivity contribution is 9.10. The molecule has 162 valence electrons. The Balaban J connectivity index is 1.36. The Morgan fingerprint density at radius 1 is 0.969 bits per heavy atom. The van der Waals surface area contributed by atoms with Crippen molar-refractivity contribution in [1.82, 2.24) is 0 Å². The summed E-state index contributed by atoms with van der Waals surface area (Å²) in [4.78, 5) is 15.0. The number of hydrogen-bond donors (Lipinski definition) is 0. The van der Waals surface area contributed by atoms with E-state index in [1.165, 1.54) is 16.7 Å². The molecule has 1 amide bonds. The second-order valence-corrected chi connectivity index (χ2v) is 9.63. The molecule has 3 aromatic rings. The first-order chi connectivity index (χ1) is 15.5. The number of rotatable bonds is 7. The Labute approximate surface area is 209 Å². The first-order valence-electron chi connectivity index (χ1n) is 9.65. The van der Waals surface area contributed by atoms with Crippen molar-refractivity contribution < 1.29 is 14.3 Å². The van der Waals surface area contributed by atoms with Gasteiger partial charge in [-0.05, 0) is 70.0 Å². The zero-order chi connectivity index (χ0) is 22.5. The molecule has 1 saturated heterocycles. The Morgan fingerprint density at radius 2 is 1.62 bits per heavy atom. The molecule has 8 heteroatoms. The number of ether oxygens (including phenoxy) is 2. The van der Waals surface area contributed by atoms with Crippen molar-refractivity contribution in [2.24, 2.45) is 0 Å². The van der Waals surface area contributed by atoms with Gasteiger partial charge in [-0.15, -0.1) is 0 Å². The molecule has 0 aromatic heterocycles. The van der Waals surface area contributed by atoms with Crippen LogP contribution in [0.2, 0.25) is 5.02 Å². The average Bonchev–Trinajstić information content (AvgIpc) is 3.08. The SMILES string of the molecule is O=C1/C(=C\c2ccc(OCCOc3ccccc3)cc2)SC(=S)N1c1ccc(Br)c(Cl)c1. The first kappa shape index (κ1) is 22.9. The smallest absolute Gasteiger partial charge is 0.270 e. The number of hydrogen-bond acceptors (Lipinski definition) is 5. The summed E-state index contributed by atoms with van der Waals surface area (Å²) in [7, 11) is 0. The number of carbonyl (C=O) groups excluding carboxylic acids is 1. The summed E-state index contributed by atoms with van der Waals surface area (Å²) in [6, 6.07) is 22.5. The van der Waals surface area contributed by atoms with Crippen LogP contribution in [-0.2, 0) is 4.79 Å². The molecule has 0 saturated carbocycles. The van der Waals surface area contributed by atoms with E-state index in [-0.39, 0.29) is 5.91 Å². The molecule has 0 spiro atoms. The minimum Gasteiger partial charge on any atom is -0.490 e. The van der Waals surface area contributed by atoms with Gasteiger partial charge in [0.1, 0.15) is 24.7 Å². The largest absolute Gasteiger partial charge is 0.490 e. The Morgan fingerprint density at radius 3 is 2.28 bits per heavy atom. The zero-order valence-electron chi connectivity index (χ0n) is 16.7. The third kappa shape index (κ3) is 5.53. The zero-order valence-corrected chi connectivity index (χ0v) is 20.6. The van der Waals surface area contributed by atoms with Gasteiger partial charge in [0.05, 0.1) is 15.6 Å². The van der Waals surface area contributed by atoms with E-state index in [1.54, 1.807) is 18.2 Å². The number of thiocarbonyl (C=S) groups is 1. The van der Waals surface area contributed by atoms with Crippen LogP contribution in [0.15, 0.2) is 82.2 Å². The lowest BCUT2D eigenvalue weighted by molar-refractivity contribution is -0.113. The van der Waals surface area contributed by atoms with Crippen molar-refractivity contribution in [3.63, 3.8) is 0 Å². The summed E-state index contributed by atoms with van der Waals surface area (Å²) in [5.74, 6) is 1.38. The topological polar surface area (TPSA) is 38.8 Å². The molecular weight excluding hydrogens is 530 g/mol. The van der Waals surface area contributed by atoms with Gasteiger partial charge in [-0.1, -0.05) is 65.9 Å². The summed E-state index contributed by atoms with van der Waals surface area (Å²) in [6.45, 7) is 0.886. The van der Waals surface area contributed by atoms with E-state index < -0.39 is 0 Å². The number of nitrogens with zero attached hydrogens (tertiary/aromatic N) is 1. The molecule has 32 heavy (non-hydrogen) atoms. The van der Waals surface area contributed by atoms with Crippen molar-refractivity contribution in [2.75, 3.05) is 18.1 Å². The summed E-state index contributed by atoms with van der Waals surface area (Å²) < 4.78 is 12.6. The molecule has 1 heterocycles. The Bertz CT molecular complexity index is 1170. The normalized spacial score (nSPS) is 14.8. The van der Waals surface area contributed by atoms with Crippen molar-refractivity contribution in [1.29, 1.82) is 0 Å². The lowest BCUT2D eigenvalue weighted by Gasteiger charge is -2.15. The second-order valence-electron chi connectivity index (χ2n) is 6.69. The molecule has 1 aliphatic heterocycles. The number of halogens is 2. The van der Waals surface area contributed by atoms with Gasteiger partial charge in [0.15, 0.2) is 4.32 Å². The molecule has 4 nitrogen and oxygen atoms in total. The summed E-state index contributed by atoms with van der Waals surface area (Å²) in [5, 5.41) is 0.519. The van der Waals surface area contributed by atoms with Crippen LogP contribution in [0.4, 0.5) is 5.69 Å². The van der Waals surface area contributed by atoms with Crippen molar-refractivity contribution in [3.05, 3.63) is 92.8 Å². The molecule has 0 N–H and O–H groups in total. The average molecular weight is 547 g/mol. The number of para-hydroxylation sites is 1. The van der Waals surface area contributed by atoms with Crippen molar-refractivity contribution in [2.45, 2.75) is 0 Å². The molecule has 1 aliphatic rings. The standard InChI is InChI=1S/C24H17BrClNO3S2/c25-20-11-8-17(15-21(20)26)27-23(28)22(32-24(27)31)14-16-6-9-19(10-7-16)30-13-12-29-18-4-2-1-3-5-18/h1-11,14-15H,12-13H2/b22-14+. The Hall–Kier alpha value is -2.32. The van der Waals surface area contributed by atoms with E-state index in [0.29, 0.717) is 33.1 Å². The van der Waals surface area contributed by atoms with Gasteiger partial charge in [-0.25, -0.2) is 0 Å². The predicted molar refractivity (Wildman–Crippen MR) is 139 cm³/mol. The molecule has 1 fully saturated rings. The monoisotopic (exact) mass is 545 g/mol. The quantitative estimate of drug-likeness (QED) is 0.182. The van der Waals surface area contributed by atoms with Gasteiger partial charge < -0.3 is 9.47 Å². The minimum absolute atomic E-state index is 0.170. The minimum atomic E-state index is -0.170. The van der Waals surface area contributed by atoms with E-state index in [2.05, 4.69) is 15.9 Å². The first-order valence-corrected chi connectivity index (χ1v) is 12.0. The van der Waals surface area contributed by atoms with E-state index in [0.717, 1.165) is 21.5 Å². The fourth-order valence-electron chi connectivity index (χ4n) is 2.96. The van der Waals surface area contributed by atoms with E-state index in [9.17, 15) is 4.79 Å². The van der Waals surface area contributed by atoms with Gasteiger partial charge in [0.2, 0.25) is 0 Å². The summed E-state index contributed by atoms with van der Waals surface area (Å²) in [6.07, 6.45) is 1.82. The molecule has 3 aromatic carbocycles. The number of benzene rings is 3. The van der Waals surface area contributed by atoms with Crippen molar-refractivity contribution >= 4 is 73.5 Å². The lowest BCUT2D eigenvalue weighted by Crippen LogP contribution is -2.27. The van der Waals surface area contributed by atoms with Crippen LogP contribution in [0.25, 0.3) is 6.08 Å². The molecular formula is C24H17BrClNO3S2. The van der Waals surface area contributed by atoms with E-state index >= 15 is 0 Å². The highest BCUT2D eigenvalue weighted by Crippen LogP contribution is 2.38. The summed E-state index contributed by atoms with van der Waals surface area (Å²) in [5.41, 5.74) is 1.53. The van der Waals surface area contributed by atoms with Crippen LogP contribution in [-0.4, -0.2) is 23.4 Å². The van der Waals surface area contributed by atoms with Crippen LogP contribution in [0, 0.1) is 0 Å². The third-order valence-electron chi connectivity index (χ3n) is 4.50. The van der Waals surface area contributed by atoms with Crippen LogP contribution in [0.1, 0.15) is 5.56 Å². The van der Waals surface area contributed by atoms with Gasteiger partial charge in [-0.2, -0.15) is 0 Å². The lowest BCUT2D eigenvalue weighted by atomic mass is 10.2. The molecule has 0 bridgehead atoms. The van der Waals surface area contributed by atoms with Crippen LogP contribution < -0.4 is 14.4 Å². The molecule has 0 atom stereocenters. The second kappa shape index (κ2) is 10.5. The number of amides is 1. The highest BCUT2D eigenvalue weighted by Gasteiger charge is 2.33. The van der Waals surface area contributed by atoms with E-state index in [4.69, 9.17) is 33.3 Å². The molecule has 0 aliphatic carbocycles. The van der Waals surface area contributed by atoms with Gasteiger partial charge in [0.25, 0.3) is 5.91 Å². The maximum absolute atomic E-state index is 12.9. The predicted octanol–water partition coefficient (Wildman–Crippen LogP) is 6.97. The van der Waals surface area contributed by atoms with E-state index in [1.807, 2.05) is 60.7 Å². The third-order valence-corrected chi connectivity index (χ3v) is 7.03. The number of carbonyl (C=O) groups is 1. The summed E-state index contributed by atoms with van der Waals surface area (Å²) >= 11 is 16.2. The maximum atomic E-state index is 12.9. The van der Waals surface area contributed by atoms with Gasteiger partial charge in [-0.3, -0.25) is 9.69 Å². The van der Waals surface area contributed by atoms with Crippen molar-refractivity contribution in [3.8, 4) is 11.5 Å². The molecule has 4 rings (SSSR count). The molecule has 0 radical (unpaired) electrons. The molecule has 0 unspecified atom stereocenters. The maximum Gasteiger partial charge on any atom is 0.270 e. The fraction of sp³-hybridized carbons (Fsp3) is 0.0833.